The van der Waals surface area contributed by atoms with Crippen LogP contribution in [0.3, 0.4) is 0 Å². The molecule has 0 unspecified atom stereocenters. The first kappa shape index (κ1) is 53.0. The molecule has 0 aliphatic rings. The zero-order valence-electron chi connectivity index (χ0n) is 26.0. The summed E-state index contributed by atoms with van der Waals surface area (Å²) in [5.74, 6) is -3.38. The third-order valence-corrected chi connectivity index (χ3v) is 20.8. The van der Waals surface area contributed by atoms with Gasteiger partial charge in [0, 0.05) is 26.2 Å². The number of primary amides is 1. The number of rotatable bonds is 24. The first-order valence-corrected chi connectivity index (χ1v) is 26.7. The highest BCUT2D eigenvalue weighted by Gasteiger charge is 2.59. The molecule has 0 aromatic rings. The van der Waals surface area contributed by atoms with Crippen molar-refractivity contribution in [2.75, 3.05) is 26.2 Å². The number of hydrogen-bond acceptors (Lipinski definition) is 13. The average molecular weight is 942 g/mol. The maximum absolute atomic E-state index is 12.1. The Morgan fingerprint density at radius 2 is 0.642 bits per heavy atom. The van der Waals surface area contributed by atoms with Crippen molar-refractivity contribution in [2.24, 2.45) is 5.73 Å². The van der Waals surface area contributed by atoms with Crippen molar-refractivity contribution in [3.8, 4) is 0 Å². The van der Waals surface area contributed by atoms with Crippen molar-refractivity contribution in [1.29, 1.82) is 0 Å². The Bertz CT molecular complexity index is 1400. The smallest absolute Gasteiger partial charge is 0.355 e. The van der Waals surface area contributed by atoms with Crippen LogP contribution < -0.4 is 5.73 Å². The van der Waals surface area contributed by atoms with E-state index in [0.717, 1.165) is 0 Å². The standard InChI is InChI=1S/C14H38N4O27P8/c15-9(19)7-8(10(20)21)16(3-1-5-17(11(46(22,23)24)47(25,26)27)12(48(28,29)30)49(31,32)33)4-2-6-18(13(50(34,35)36)51(37,38)39)14(52(40,41)42)53(43,44)45/h8,11-14H,1-7H2,(H2,15,19)(H,20,21)(H2,22,23,24)(H2,25,26,27)(H2,28,29,30)(H2,31,32,33)(H2,34,35,36)(H2,37,38,39)(H2,40,41,42)(H2,43,44,45)/t8-/m0/s1. The van der Waals surface area contributed by atoms with Gasteiger partial charge in [0.15, 0.2) is 0 Å². The molecule has 39 heteroatoms. The number of amides is 1. The van der Waals surface area contributed by atoms with Gasteiger partial charge in [-0.15, -0.1) is 0 Å². The monoisotopic (exact) mass is 942 g/mol. The van der Waals surface area contributed by atoms with E-state index in [-0.39, 0.29) is 0 Å². The van der Waals surface area contributed by atoms with E-state index in [1.54, 1.807) is 0 Å². The highest BCUT2D eigenvalue weighted by molar-refractivity contribution is 7.73. The summed E-state index contributed by atoms with van der Waals surface area (Å²) < 4.78 is 96.6. The summed E-state index contributed by atoms with van der Waals surface area (Å²) in [6.45, 7) is -5.20. The van der Waals surface area contributed by atoms with Crippen LogP contribution in [0.2, 0.25) is 0 Å². The van der Waals surface area contributed by atoms with Crippen LogP contribution in [0.4, 0.5) is 0 Å². The average Bonchev–Trinajstić information content (AvgIpc) is 2.78. The zero-order chi connectivity index (χ0) is 42.7. The summed E-state index contributed by atoms with van der Waals surface area (Å²) in [6.07, 6.45) is -3.36. The normalized spacial score (nSPS) is 15.5. The van der Waals surface area contributed by atoms with Crippen molar-refractivity contribution < 1.29 is 130 Å². The van der Waals surface area contributed by atoms with E-state index in [1.165, 1.54) is 0 Å². The van der Waals surface area contributed by atoms with Gasteiger partial charge in [-0.3, -0.25) is 60.8 Å². The Balaban J connectivity index is 7.25. The second-order valence-corrected chi connectivity index (χ2v) is 25.8. The van der Waals surface area contributed by atoms with E-state index in [2.05, 4.69) is 0 Å². The number of aliphatic carboxylic acids is 1. The molecule has 0 saturated heterocycles. The van der Waals surface area contributed by atoms with Crippen molar-refractivity contribution >= 4 is 72.6 Å². The molecular weight excluding hydrogens is 904 g/mol. The quantitative estimate of drug-likeness (QED) is 0.0406. The Morgan fingerprint density at radius 1 is 0.434 bits per heavy atom. The Labute approximate surface area is 296 Å². The molecule has 31 nitrogen and oxygen atoms in total. The predicted octanol–water partition coefficient (Wildman–Crippen LogP) is -4.44. The Morgan fingerprint density at radius 3 is 0.792 bits per heavy atom. The van der Waals surface area contributed by atoms with Crippen molar-refractivity contribution in [3.63, 3.8) is 0 Å². The number of nitrogens with zero attached hydrogens (tertiary/aromatic N) is 3. The van der Waals surface area contributed by atoms with Gasteiger partial charge in [-0.25, -0.2) is 0 Å². The number of nitrogens with two attached hydrogens (primary N) is 1. The van der Waals surface area contributed by atoms with Crippen LogP contribution >= 0.6 is 60.8 Å². The van der Waals surface area contributed by atoms with Gasteiger partial charge in [0.2, 0.25) is 28.0 Å². The molecule has 1 amide bonds. The number of hydrogen-bond donors (Lipinski definition) is 18. The van der Waals surface area contributed by atoms with E-state index >= 15 is 0 Å². The fourth-order valence-corrected chi connectivity index (χ4v) is 17.1. The van der Waals surface area contributed by atoms with Crippen LogP contribution in [0.1, 0.15) is 19.3 Å². The molecule has 0 aromatic heterocycles. The number of carboxylic acid groups (broad SMARTS) is 1. The second kappa shape index (κ2) is 18.7. The lowest BCUT2D eigenvalue weighted by atomic mass is 10.1. The molecule has 0 radical (unpaired) electrons. The molecule has 1 atom stereocenters. The fraction of sp³-hybridized carbons (Fsp3) is 0.857. The van der Waals surface area contributed by atoms with E-state index in [0.29, 0.717) is 4.90 Å². The highest BCUT2D eigenvalue weighted by Crippen LogP contribution is 2.70. The molecular formula is C14H38N4O27P8. The van der Waals surface area contributed by atoms with E-state index in [9.17, 15) is 130 Å². The lowest BCUT2D eigenvalue weighted by Gasteiger charge is -2.39. The lowest BCUT2D eigenvalue weighted by molar-refractivity contribution is -0.145. The molecule has 0 rings (SSSR count). The first-order valence-electron chi connectivity index (χ1n) is 13.3. The zero-order valence-corrected chi connectivity index (χ0v) is 33.2. The van der Waals surface area contributed by atoms with Gasteiger partial charge in [0.25, 0.3) is 0 Å². The minimum Gasteiger partial charge on any atom is -0.480 e. The van der Waals surface area contributed by atoms with Crippen molar-refractivity contribution in [3.05, 3.63) is 0 Å². The minimum absolute atomic E-state index is 0.505. The lowest BCUT2D eigenvalue weighted by Crippen LogP contribution is -2.48. The Hall–Kier alpha value is 0.0200. The number of carbonyl (C=O) groups is 2. The fourth-order valence-electron chi connectivity index (χ4n) is 4.93. The third-order valence-electron chi connectivity index (χ3n) is 6.44. The summed E-state index contributed by atoms with van der Waals surface area (Å²) in [6, 6.07) is -2.19. The largest absolute Gasteiger partial charge is 0.480 e. The van der Waals surface area contributed by atoms with E-state index in [1.807, 2.05) is 0 Å². The first-order chi connectivity index (χ1) is 23.1. The molecule has 19 N–H and O–H groups in total. The molecule has 0 fully saturated rings. The second-order valence-electron chi connectivity index (χ2n) is 10.8. The predicted molar refractivity (Wildman–Crippen MR) is 171 cm³/mol. The van der Waals surface area contributed by atoms with Gasteiger partial charge >= 0.3 is 66.7 Å². The van der Waals surface area contributed by atoms with Crippen LogP contribution in [0, 0.1) is 0 Å². The summed E-state index contributed by atoms with van der Waals surface area (Å²) >= 11 is 0. The van der Waals surface area contributed by atoms with Crippen LogP contribution in [0.5, 0.6) is 0 Å². The Kier molecular flexibility index (Phi) is 18.7. The van der Waals surface area contributed by atoms with Gasteiger partial charge in [0.05, 0.1) is 6.42 Å². The molecule has 0 saturated carbocycles. The van der Waals surface area contributed by atoms with E-state index in [4.69, 9.17) is 5.73 Å². The summed E-state index contributed by atoms with van der Waals surface area (Å²) in [7, 11) is -50.6. The minimum atomic E-state index is -6.32. The van der Waals surface area contributed by atoms with Gasteiger partial charge in [-0.2, -0.15) is 0 Å². The molecule has 316 valence electrons. The van der Waals surface area contributed by atoms with Gasteiger partial charge in [-0.05, 0) is 12.8 Å². The van der Waals surface area contributed by atoms with Crippen LogP contribution in [0.15, 0.2) is 0 Å². The third kappa shape index (κ3) is 16.8. The number of carboxylic acids is 1. The molecule has 0 heterocycles. The van der Waals surface area contributed by atoms with Gasteiger partial charge in [-0.1, -0.05) is 0 Å². The summed E-state index contributed by atoms with van der Waals surface area (Å²) in [5, 5.41) is 9.72. The highest BCUT2D eigenvalue weighted by atomic mass is 31.3. The molecule has 0 bridgehead atoms. The number of carbonyl (C=O) groups excluding carboxylic acids is 1. The summed E-state index contributed by atoms with van der Waals surface area (Å²) in [5.41, 5.74) is -9.65. The maximum atomic E-state index is 12.1. The van der Waals surface area contributed by atoms with Gasteiger partial charge in [0.1, 0.15) is 6.04 Å². The molecule has 53 heavy (non-hydrogen) atoms. The van der Waals surface area contributed by atoms with Crippen LogP contribution in [-0.2, 0) is 46.1 Å². The SMILES string of the molecule is NC(=O)C[C@@H](C(=O)O)N(CCCN(C(P(=O)(O)O)P(=O)(O)O)C(P(=O)(O)O)P(=O)(O)O)CCCN(C(P(=O)(O)O)P(=O)(O)O)C(P(=O)(O)O)P(=O)(O)O. The molecule has 0 spiro atoms. The van der Waals surface area contributed by atoms with E-state index < -0.39 is 156 Å². The van der Waals surface area contributed by atoms with Crippen LogP contribution in [0.25, 0.3) is 0 Å². The van der Waals surface area contributed by atoms with Crippen LogP contribution in [-0.4, -0.2) is 164 Å². The van der Waals surface area contributed by atoms with Crippen molar-refractivity contribution in [2.45, 2.75) is 47.4 Å². The van der Waals surface area contributed by atoms with Crippen molar-refractivity contribution in [1.82, 2.24) is 14.7 Å². The molecule has 0 aliphatic carbocycles. The molecule has 0 aromatic carbocycles. The van der Waals surface area contributed by atoms with Gasteiger partial charge < -0.3 is 89.1 Å². The molecule has 0 aliphatic heterocycles. The summed E-state index contributed by atoms with van der Waals surface area (Å²) in [4.78, 5) is 177. The topological polar surface area (TPSA) is 550 Å². The maximum Gasteiger partial charge on any atom is 0.355 e.